The quantitative estimate of drug-likeness (QED) is 0.898. The molecule has 2 aromatic rings. The van der Waals surface area contributed by atoms with Gasteiger partial charge in [0.1, 0.15) is 5.82 Å². The third kappa shape index (κ3) is 3.30. The molecule has 6 nitrogen and oxygen atoms in total. The van der Waals surface area contributed by atoms with Gasteiger partial charge in [-0.1, -0.05) is 6.07 Å². The normalized spacial score (nSPS) is 17.1. The summed E-state index contributed by atoms with van der Waals surface area (Å²) in [6, 6.07) is 9.73. The van der Waals surface area contributed by atoms with Crippen molar-refractivity contribution in [2.45, 2.75) is 6.42 Å². The van der Waals surface area contributed by atoms with E-state index in [9.17, 15) is 4.79 Å². The molecule has 2 aliphatic heterocycles. The Morgan fingerprint density at radius 3 is 2.76 bits per heavy atom. The van der Waals surface area contributed by atoms with E-state index < -0.39 is 0 Å². The van der Waals surface area contributed by atoms with E-state index in [1.165, 1.54) is 0 Å². The number of benzene rings is 1. The highest BCUT2D eigenvalue weighted by Crippen LogP contribution is 2.26. The molecule has 1 aromatic heterocycles. The van der Waals surface area contributed by atoms with Crippen LogP contribution < -0.4 is 15.5 Å². The summed E-state index contributed by atoms with van der Waals surface area (Å²) in [5.74, 6) is 0.894. The fourth-order valence-electron chi connectivity index (χ4n) is 3.44. The first-order chi connectivity index (χ1) is 12.2. The van der Waals surface area contributed by atoms with Crippen molar-refractivity contribution in [2.75, 3.05) is 55.3 Å². The number of rotatable bonds is 3. The summed E-state index contributed by atoms with van der Waals surface area (Å²) in [5.41, 5.74) is 3.63. The monoisotopic (exact) mass is 337 g/mol. The van der Waals surface area contributed by atoms with Crippen LogP contribution in [0, 0.1) is 0 Å². The minimum Gasteiger partial charge on any atom is -0.384 e. The molecule has 0 spiro atoms. The van der Waals surface area contributed by atoms with Crippen molar-refractivity contribution >= 4 is 23.1 Å². The number of pyridine rings is 1. The Morgan fingerprint density at radius 1 is 1.16 bits per heavy atom. The minimum absolute atomic E-state index is 0.0744. The van der Waals surface area contributed by atoms with Gasteiger partial charge in [0.15, 0.2) is 0 Å². The third-order valence-corrected chi connectivity index (χ3v) is 4.94. The summed E-state index contributed by atoms with van der Waals surface area (Å²) in [6.45, 7) is 4.96. The lowest BCUT2D eigenvalue weighted by molar-refractivity contribution is 0.102. The second-order valence-corrected chi connectivity index (χ2v) is 6.66. The molecule has 25 heavy (non-hydrogen) atoms. The van der Waals surface area contributed by atoms with E-state index in [4.69, 9.17) is 0 Å². The Morgan fingerprint density at radius 2 is 2.00 bits per heavy atom. The van der Waals surface area contributed by atoms with Crippen LogP contribution in [0.3, 0.4) is 0 Å². The van der Waals surface area contributed by atoms with Crippen molar-refractivity contribution in [3.63, 3.8) is 0 Å². The average Bonchev–Trinajstić information content (AvgIpc) is 3.12. The zero-order chi connectivity index (χ0) is 17.2. The fourth-order valence-corrected chi connectivity index (χ4v) is 3.44. The van der Waals surface area contributed by atoms with Crippen molar-refractivity contribution < 1.29 is 4.79 Å². The van der Waals surface area contributed by atoms with Crippen LogP contribution in [0.5, 0.6) is 0 Å². The Labute approximate surface area is 147 Å². The largest absolute Gasteiger partial charge is 0.384 e. The lowest BCUT2D eigenvalue weighted by Gasteiger charge is -2.33. The van der Waals surface area contributed by atoms with Crippen LogP contribution in [0.4, 0.5) is 17.2 Å². The standard InChI is InChI=1S/C19H23N5O/c1-23-9-11-24(12-10-23)18-6-5-14(13-21-18)22-19(25)16-3-2-4-17-15(16)7-8-20-17/h2-6,13,20H,7-12H2,1H3,(H,22,25). The van der Waals surface area contributed by atoms with Gasteiger partial charge < -0.3 is 20.4 Å². The maximum Gasteiger partial charge on any atom is 0.256 e. The molecule has 0 bridgehead atoms. The smallest absolute Gasteiger partial charge is 0.256 e. The molecule has 0 atom stereocenters. The van der Waals surface area contributed by atoms with Crippen LogP contribution in [0.1, 0.15) is 15.9 Å². The first-order valence-electron chi connectivity index (χ1n) is 8.77. The lowest BCUT2D eigenvalue weighted by Crippen LogP contribution is -2.44. The molecule has 0 saturated carbocycles. The van der Waals surface area contributed by atoms with Crippen LogP contribution in [0.25, 0.3) is 0 Å². The van der Waals surface area contributed by atoms with E-state index in [0.717, 1.165) is 67.5 Å². The molecule has 1 saturated heterocycles. The summed E-state index contributed by atoms with van der Waals surface area (Å²) in [7, 11) is 2.14. The minimum atomic E-state index is -0.0744. The number of anilines is 3. The Bertz CT molecular complexity index is 766. The topological polar surface area (TPSA) is 60.5 Å². The molecule has 6 heteroatoms. The van der Waals surface area contributed by atoms with Crippen molar-refractivity contribution in [1.82, 2.24) is 9.88 Å². The first kappa shape index (κ1) is 15.9. The first-order valence-corrected chi connectivity index (χ1v) is 8.77. The molecule has 0 unspecified atom stereocenters. The molecule has 2 aliphatic rings. The second kappa shape index (κ2) is 6.72. The molecule has 3 heterocycles. The van der Waals surface area contributed by atoms with Crippen molar-refractivity contribution in [3.8, 4) is 0 Å². The molecule has 1 aromatic carbocycles. The van der Waals surface area contributed by atoms with Gasteiger partial charge in [0.05, 0.1) is 11.9 Å². The van der Waals surface area contributed by atoms with Crippen LogP contribution in [0.15, 0.2) is 36.5 Å². The van der Waals surface area contributed by atoms with Gasteiger partial charge in [-0.05, 0) is 43.3 Å². The van der Waals surface area contributed by atoms with Crippen LogP contribution in [-0.4, -0.2) is 55.6 Å². The Hall–Kier alpha value is -2.60. The number of aromatic nitrogens is 1. The van der Waals surface area contributed by atoms with Gasteiger partial charge in [-0.2, -0.15) is 0 Å². The van der Waals surface area contributed by atoms with Crippen LogP contribution in [0.2, 0.25) is 0 Å². The summed E-state index contributed by atoms with van der Waals surface area (Å²) in [4.78, 5) is 21.7. The number of fused-ring (bicyclic) bond motifs is 1. The molecular weight excluding hydrogens is 314 g/mol. The number of nitrogens with zero attached hydrogens (tertiary/aromatic N) is 3. The van der Waals surface area contributed by atoms with Crippen LogP contribution in [-0.2, 0) is 6.42 Å². The van der Waals surface area contributed by atoms with E-state index in [2.05, 4.69) is 32.5 Å². The highest BCUT2D eigenvalue weighted by molar-refractivity contribution is 6.06. The highest BCUT2D eigenvalue weighted by atomic mass is 16.1. The highest BCUT2D eigenvalue weighted by Gasteiger charge is 2.19. The van der Waals surface area contributed by atoms with Gasteiger partial charge in [-0.3, -0.25) is 4.79 Å². The Balaban J connectivity index is 1.45. The third-order valence-electron chi connectivity index (χ3n) is 4.94. The molecular formula is C19H23N5O. The number of hydrogen-bond acceptors (Lipinski definition) is 5. The van der Waals surface area contributed by atoms with Gasteiger partial charge in [0, 0.05) is 44.0 Å². The number of amides is 1. The Kier molecular flexibility index (Phi) is 4.28. The summed E-state index contributed by atoms with van der Waals surface area (Å²) >= 11 is 0. The number of carbonyl (C=O) groups is 1. The number of hydrogen-bond donors (Lipinski definition) is 2. The SMILES string of the molecule is CN1CCN(c2ccc(NC(=O)c3cccc4c3CCN4)cn2)CC1. The number of likely N-dealkylation sites (N-methyl/N-ethyl adjacent to an activating group) is 1. The van der Waals surface area contributed by atoms with Gasteiger partial charge in [-0.15, -0.1) is 0 Å². The summed E-state index contributed by atoms with van der Waals surface area (Å²) < 4.78 is 0. The number of nitrogens with one attached hydrogen (secondary N) is 2. The average molecular weight is 337 g/mol. The molecule has 4 rings (SSSR count). The molecule has 0 radical (unpaired) electrons. The molecule has 0 aliphatic carbocycles. The fraction of sp³-hybridized carbons (Fsp3) is 0.368. The summed E-state index contributed by atoms with van der Waals surface area (Å²) in [5, 5.41) is 6.27. The zero-order valence-corrected chi connectivity index (χ0v) is 14.5. The summed E-state index contributed by atoms with van der Waals surface area (Å²) in [6.07, 6.45) is 2.63. The maximum absolute atomic E-state index is 12.6. The van der Waals surface area contributed by atoms with Gasteiger partial charge in [-0.25, -0.2) is 4.98 Å². The van der Waals surface area contributed by atoms with Gasteiger partial charge >= 0.3 is 0 Å². The van der Waals surface area contributed by atoms with Crippen molar-refractivity contribution in [3.05, 3.63) is 47.7 Å². The van der Waals surface area contributed by atoms with E-state index >= 15 is 0 Å². The predicted octanol–water partition coefficient (Wildman–Crippen LogP) is 2.05. The van der Waals surface area contributed by atoms with E-state index in [1.54, 1.807) is 6.20 Å². The zero-order valence-electron chi connectivity index (χ0n) is 14.5. The van der Waals surface area contributed by atoms with Gasteiger partial charge in [0.2, 0.25) is 0 Å². The molecule has 1 fully saturated rings. The van der Waals surface area contributed by atoms with E-state index in [-0.39, 0.29) is 5.91 Å². The van der Waals surface area contributed by atoms with E-state index in [1.807, 2.05) is 30.3 Å². The second-order valence-electron chi connectivity index (χ2n) is 6.66. The van der Waals surface area contributed by atoms with Gasteiger partial charge in [0.25, 0.3) is 5.91 Å². The maximum atomic E-state index is 12.6. The number of carbonyl (C=O) groups excluding carboxylic acids is 1. The predicted molar refractivity (Wildman–Crippen MR) is 101 cm³/mol. The molecule has 130 valence electrons. The molecule has 1 amide bonds. The van der Waals surface area contributed by atoms with Crippen molar-refractivity contribution in [2.24, 2.45) is 0 Å². The van der Waals surface area contributed by atoms with E-state index in [0.29, 0.717) is 0 Å². The van der Waals surface area contributed by atoms with Crippen LogP contribution >= 0.6 is 0 Å². The lowest BCUT2D eigenvalue weighted by atomic mass is 10.0. The number of piperazine rings is 1. The van der Waals surface area contributed by atoms with Crippen molar-refractivity contribution in [1.29, 1.82) is 0 Å². The molecule has 2 N–H and O–H groups in total.